The molecule has 0 aliphatic heterocycles. The summed E-state index contributed by atoms with van der Waals surface area (Å²) in [5, 5.41) is 3.41. The zero-order chi connectivity index (χ0) is 27.2. The molecular formula is C28H21N5O6. The molecule has 0 radical (unpaired) electrons. The van der Waals surface area contributed by atoms with E-state index in [4.69, 9.17) is 14.2 Å². The Hall–Kier alpha value is -5.71. The van der Waals surface area contributed by atoms with E-state index in [1.807, 2.05) is 0 Å². The fourth-order valence-corrected chi connectivity index (χ4v) is 3.66. The lowest BCUT2D eigenvalue weighted by Gasteiger charge is -2.19. The van der Waals surface area contributed by atoms with Crippen molar-refractivity contribution in [2.75, 3.05) is 11.9 Å². The molecular weight excluding hydrogens is 502 g/mol. The summed E-state index contributed by atoms with van der Waals surface area (Å²) >= 11 is 0. The molecule has 5 rings (SSSR count). The first kappa shape index (κ1) is 25.0. The number of para-hydroxylation sites is 2. The van der Waals surface area contributed by atoms with E-state index in [-0.39, 0.29) is 29.2 Å². The van der Waals surface area contributed by atoms with Gasteiger partial charge in [0.25, 0.3) is 0 Å². The van der Waals surface area contributed by atoms with E-state index in [0.717, 1.165) is 16.6 Å². The minimum absolute atomic E-state index is 0.0725. The maximum Gasteiger partial charge on any atom is 0.430 e. The highest BCUT2D eigenvalue weighted by Gasteiger charge is 2.28. The predicted molar refractivity (Wildman–Crippen MR) is 141 cm³/mol. The molecule has 194 valence electrons. The number of carbonyl (C=O) groups is 3. The van der Waals surface area contributed by atoms with E-state index >= 15 is 0 Å². The molecule has 3 amide bonds. The van der Waals surface area contributed by atoms with Crippen LogP contribution in [0.2, 0.25) is 0 Å². The van der Waals surface area contributed by atoms with E-state index in [1.165, 1.54) is 10.6 Å². The Morgan fingerprint density at radius 2 is 1.46 bits per heavy atom. The lowest BCUT2D eigenvalue weighted by Crippen LogP contribution is -2.41. The lowest BCUT2D eigenvalue weighted by atomic mass is 10.2. The number of carbonyl (C=O) groups excluding carboxylic acids is 3. The van der Waals surface area contributed by atoms with Crippen LogP contribution < -0.4 is 24.4 Å². The van der Waals surface area contributed by atoms with Gasteiger partial charge in [-0.25, -0.2) is 24.4 Å². The minimum Gasteiger partial charge on any atom is -0.439 e. The SMILES string of the molecule is CNC(=O)n1ccc2ccc(Oc3cc(OC(=O)N(C(=O)Oc4ccccc4)c4ccccc4)ncn3)cc21. The van der Waals surface area contributed by atoms with Crippen molar-refractivity contribution in [1.29, 1.82) is 0 Å². The maximum atomic E-state index is 13.1. The number of amides is 3. The molecule has 2 aromatic heterocycles. The van der Waals surface area contributed by atoms with Gasteiger partial charge in [-0.2, -0.15) is 4.90 Å². The van der Waals surface area contributed by atoms with Crippen molar-refractivity contribution in [1.82, 2.24) is 19.9 Å². The number of nitrogens with one attached hydrogen (secondary N) is 1. The third kappa shape index (κ3) is 5.67. The van der Waals surface area contributed by atoms with Crippen molar-refractivity contribution in [3.63, 3.8) is 0 Å². The van der Waals surface area contributed by atoms with Crippen LogP contribution in [0, 0.1) is 0 Å². The second-order valence-electron chi connectivity index (χ2n) is 7.98. The van der Waals surface area contributed by atoms with Gasteiger partial charge in [0, 0.05) is 24.7 Å². The molecule has 5 aromatic rings. The van der Waals surface area contributed by atoms with Gasteiger partial charge in [0.1, 0.15) is 17.8 Å². The Morgan fingerprint density at radius 1 is 0.769 bits per heavy atom. The van der Waals surface area contributed by atoms with Crippen molar-refractivity contribution in [2.24, 2.45) is 0 Å². The molecule has 39 heavy (non-hydrogen) atoms. The molecule has 11 heteroatoms. The minimum atomic E-state index is -1.04. The van der Waals surface area contributed by atoms with Gasteiger partial charge in [0.05, 0.1) is 17.3 Å². The number of hydrogen-bond acceptors (Lipinski definition) is 8. The van der Waals surface area contributed by atoms with Gasteiger partial charge >= 0.3 is 18.2 Å². The summed E-state index contributed by atoms with van der Waals surface area (Å²) in [6.45, 7) is 0. The van der Waals surface area contributed by atoms with Crippen molar-refractivity contribution in [3.8, 4) is 23.3 Å². The van der Waals surface area contributed by atoms with Crippen molar-refractivity contribution in [3.05, 3.63) is 104 Å². The first-order valence-corrected chi connectivity index (χ1v) is 11.7. The second kappa shape index (κ2) is 11.1. The van der Waals surface area contributed by atoms with Gasteiger partial charge in [-0.15, -0.1) is 0 Å². The summed E-state index contributed by atoms with van der Waals surface area (Å²) in [6.07, 6.45) is 0.794. The highest BCUT2D eigenvalue weighted by Crippen LogP contribution is 2.27. The normalized spacial score (nSPS) is 10.5. The van der Waals surface area contributed by atoms with Crippen LogP contribution in [-0.2, 0) is 0 Å². The first-order valence-electron chi connectivity index (χ1n) is 11.7. The van der Waals surface area contributed by atoms with E-state index in [9.17, 15) is 14.4 Å². The number of nitrogens with zero attached hydrogens (tertiary/aromatic N) is 4. The molecule has 0 unspecified atom stereocenters. The van der Waals surface area contributed by atoms with Crippen LogP contribution in [0.5, 0.6) is 23.3 Å². The van der Waals surface area contributed by atoms with E-state index in [1.54, 1.807) is 98.2 Å². The number of aromatic nitrogens is 3. The molecule has 0 saturated heterocycles. The number of imide groups is 1. The highest BCUT2D eigenvalue weighted by atomic mass is 16.6. The summed E-state index contributed by atoms with van der Waals surface area (Å²) in [7, 11) is 1.54. The number of rotatable bonds is 5. The standard InChI is InChI=1S/C28H21N5O6/c1-29-26(34)32-15-14-19-12-13-22(16-23(19)32)37-24-17-25(31-18-30-24)39-28(36)33(20-8-4-2-5-9-20)27(35)38-21-10-6-3-7-11-21/h2-18H,1H3,(H,29,34). The summed E-state index contributed by atoms with van der Waals surface area (Å²) in [4.78, 5) is 47.0. The summed E-state index contributed by atoms with van der Waals surface area (Å²) in [5.74, 6) is 0.560. The second-order valence-corrected chi connectivity index (χ2v) is 7.98. The summed E-state index contributed by atoms with van der Waals surface area (Å²) in [5.41, 5.74) is 0.865. The maximum absolute atomic E-state index is 13.1. The number of anilines is 1. The zero-order valence-corrected chi connectivity index (χ0v) is 20.6. The highest BCUT2D eigenvalue weighted by molar-refractivity contribution is 6.10. The lowest BCUT2D eigenvalue weighted by molar-refractivity contribution is 0.189. The molecule has 0 aliphatic rings. The van der Waals surface area contributed by atoms with Crippen LogP contribution >= 0.6 is 0 Å². The van der Waals surface area contributed by atoms with Crippen LogP contribution in [0.1, 0.15) is 0 Å². The molecule has 1 N–H and O–H groups in total. The summed E-state index contributed by atoms with van der Waals surface area (Å²) < 4.78 is 18.0. The Balaban J connectivity index is 1.35. The number of benzene rings is 3. The topological polar surface area (TPSA) is 125 Å². The fourth-order valence-electron chi connectivity index (χ4n) is 3.66. The molecule has 11 nitrogen and oxygen atoms in total. The average molecular weight is 524 g/mol. The monoisotopic (exact) mass is 523 g/mol. The number of ether oxygens (including phenoxy) is 3. The predicted octanol–water partition coefficient (Wildman–Crippen LogP) is 5.62. The largest absolute Gasteiger partial charge is 0.439 e. The van der Waals surface area contributed by atoms with Crippen LogP contribution in [0.25, 0.3) is 10.9 Å². The Kier molecular flexibility index (Phi) is 7.13. The first-order chi connectivity index (χ1) is 19.0. The molecule has 0 spiro atoms. The van der Waals surface area contributed by atoms with Gasteiger partial charge in [0.2, 0.25) is 11.8 Å². The van der Waals surface area contributed by atoms with E-state index < -0.39 is 12.2 Å². The molecule has 0 saturated carbocycles. The molecule has 2 heterocycles. The van der Waals surface area contributed by atoms with Crippen LogP contribution in [-0.4, -0.2) is 39.8 Å². The van der Waals surface area contributed by atoms with Gasteiger partial charge < -0.3 is 19.5 Å². The van der Waals surface area contributed by atoms with Gasteiger partial charge in [0.15, 0.2) is 0 Å². The van der Waals surface area contributed by atoms with E-state index in [0.29, 0.717) is 11.3 Å². The van der Waals surface area contributed by atoms with Crippen LogP contribution in [0.4, 0.5) is 20.1 Å². The fraction of sp³-hybridized carbons (Fsp3) is 0.0357. The third-order valence-electron chi connectivity index (χ3n) is 5.46. The average Bonchev–Trinajstić information content (AvgIpc) is 3.37. The van der Waals surface area contributed by atoms with Crippen LogP contribution in [0.15, 0.2) is 104 Å². The van der Waals surface area contributed by atoms with Gasteiger partial charge in [-0.1, -0.05) is 36.4 Å². The van der Waals surface area contributed by atoms with Crippen LogP contribution in [0.3, 0.4) is 0 Å². The molecule has 0 bridgehead atoms. The summed E-state index contributed by atoms with van der Waals surface area (Å²) in [6, 6.07) is 24.5. The molecule has 0 aliphatic carbocycles. The van der Waals surface area contributed by atoms with Gasteiger partial charge in [-0.3, -0.25) is 4.57 Å². The quantitative estimate of drug-likeness (QED) is 0.315. The molecule has 0 fully saturated rings. The van der Waals surface area contributed by atoms with Crippen molar-refractivity contribution >= 4 is 34.8 Å². The number of hydrogen-bond donors (Lipinski definition) is 1. The Bertz CT molecular complexity index is 1640. The third-order valence-corrected chi connectivity index (χ3v) is 5.46. The number of fused-ring (bicyclic) bond motifs is 1. The molecule has 3 aromatic carbocycles. The zero-order valence-electron chi connectivity index (χ0n) is 20.6. The van der Waals surface area contributed by atoms with Crippen molar-refractivity contribution in [2.45, 2.75) is 0 Å². The smallest absolute Gasteiger partial charge is 0.430 e. The van der Waals surface area contributed by atoms with E-state index in [2.05, 4.69) is 15.3 Å². The Morgan fingerprint density at radius 3 is 2.21 bits per heavy atom. The Labute approximate surface area is 222 Å². The van der Waals surface area contributed by atoms with Gasteiger partial charge in [-0.05, 0) is 42.5 Å². The van der Waals surface area contributed by atoms with Crippen molar-refractivity contribution < 1.29 is 28.6 Å². The molecule has 0 atom stereocenters.